The average molecular weight is 300 g/mol. The van der Waals surface area contributed by atoms with Gasteiger partial charge >= 0.3 is 18.0 Å². The van der Waals surface area contributed by atoms with Gasteiger partial charge in [0.05, 0.1) is 32.3 Å². The number of rotatable bonds is 3. The van der Waals surface area contributed by atoms with E-state index in [9.17, 15) is 14.4 Å². The third kappa shape index (κ3) is 3.26. The number of aliphatic carboxylic acids is 1. The van der Waals surface area contributed by atoms with Crippen LogP contribution in [0.15, 0.2) is 0 Å². The van der Waals surface area contributed by atoms with E-state index in [1.54, 1.807) is 0 Å². The van der Waals surface area contributed by atoms with E-state index in [2.05, 4.69) is 5.32 Å². The van der Waals surface area contributed by atoms with E-state index in [1.807, 2.05) is 6.92 Å². The zero-order chi connectivity index (χ0) is 15.6. The Morgan fingerprint density at radius 2 is 1.95 bits per heavy atom. The van der Waals surface area contributed by atoms with Gasteiger partial charge in [0.15, 0.2) is 0 Å². The van der Waals surface area contributed by atoms with Crippen molar-refractivity contribution >= 4 is 18.0 Å². The van der Waals surface area contributed by atoms with Crippen molar-refractivity contribution in [3.8, 4) is 0 Å². The number of hydrogen-bond acceptors (Lipinski definition) is 5. The molecule has 2 aliphatic heterocycles. The number of carbonyl (C=O) groups excluding carboxylic acids is 2. The van der Waals surface area contributed by atoms with Crippen molar-refractivity contribution in [1.29, 1.82) is 0 Å². The van der Waals surface area contributed by atoms with E-state index in [4.69, 9.17) is 14.6 Å². The second-order valence-electron chi connectivity index (χ2n) is 5.55. The van der Waals surface area contributed by atoms with Crippen LogP contribution in [0.4, 0.5) is 4.79 Å². The molecular formula is C13H20N2O6. The number of methoxy groups -OCH3 is 1. The number of urea groups is 1. The number of nitrogens with zero attached hydrogens (tertiary/aromatic N) is 1. The fourth-order valence-electron chi connectivity index (χ4n) is 2.78. The summed E-state index contributed by atoms with van der Waals surface area (Å²) in [6.45, 7) is 2.89. The van der Waals surface area contributed by atoms with Crippen LogP contribution >= 0.6 is 0 Å². The molecule has 0 saturated carbocycles. The maximum atomic E-state index is 12.2. The Labute approximate surface area is 122 Å². The number of carbonyl (C=O) groups is 3. The monoisotopic (exact) mass is 300 g/mol. The van der Waals surface area contributed by atoms with Gasteiger partial charge < -0.3 is 24.8 Å². The van der Waals surface area contributed by atoms with Crippen molar-refractivity contribution in [2.75, 3.05) is 33.4 Å². The number of carboxylic acids is 1. The molecule has 0 aromatic heterocycles. The largest absolute Gasteiger partial charge is 0.481 e. The molecule has 2 saturated heterocycles. The van der Waals surface area contributed by atoms with Gasteiger partial charge in [-0.25, -0.2) is 4.79 Å². The summed E-state index contributed by atoms with van der Waals surface area (Å²) in [4.78, 5) is 36.3. The predicted molar refractivity (Wildman–Crippen MR) is 70.5 cm³/mol. The van der Waals surface area contributed by atoms with Crippen molar-refractivity contribution in [3.63, 3.8) is 0 Å². The first-order chi connectivity index (χ1) is 9.93. The first kappa shape index (κ1) is 15.6. The molecule has 2 amide bonds. The maximum Gasteiger partial charge on any atom is 0.317 e. The van der Waals surface area contributed by atoms with Crippen LogP contribution in [0.3, 0.4) is 0 Å². The van der Waals surface area contributed by atoms with Crippen molar-refractivity contribution in [2.45, 2.75) is 13.0 Å². The van der Waals surface area contributed by atoms with Crippen molar-refractivity contribution in [3.05, 3.63) is 0 Å². The zero-order valence-electron chi connectivity index (χ0n) is 12.1. The second kappa shape index (κ2) is 6.30. The fourth-order valence-corrected chi connectivity index (χ4v) is 2.78. The summed E-state index contributed by atoms with van der Waals surface area (Å²) in [7, 11) is 1.32. The van der Waals surface area contributed by atoms with Gasteiger partial charge in [-0.05, 0) is 5.92 Å². The molecule has 8 nitrogen and oxygen atoms in total. The van der Waals surface area contributed by atoms with Gasteiger partial charge in [0.1, 0.15) is 5.92 Å². The lowest BCUT2D eigenvalue weighted by Gasteiger charge is -2.21. The molecule has 4 atom stereocenters. The molecule has 0 aromatic rings. The SMILES string of the molecule is COC(=O)C1CN(C(=O)NC2COCC2C(=O)O)CC1C. The predicted octanol–water partition coefficient (Wildman–Crippen LogP) is -0.463. The van der Waals surface area contributed by atoms with E-state index in [0.717, 1.165) is 0 Å². The molecule has 2 fully saturated rings. The molecule has 0 spiro atoms. The summed E-state index contributed by atoms with van der Waals surface area (Å²) < 4.78 is 9.82. The van der Waals surface area contributed by atoms with Crippen LogP contribution < -0.4 is 5.32 Å². The molecule has 0 radical (unpaired) electrons. The highest BCUT2D eigenvalue weighted by Crippen LogP contribution is 2.24. The Morgan fingerprint density at radius 3 is 2.57 bits per heavy atom. The maximum absolute atomic E-state index is 12.2. The van der Waals surface area contributed by atoms with Crippen LogP contribution in [-0.2, 0) is 19.1 Å². The summed E-state index contributed by atoms with van der Waals surface area (Å²) >= 11 is 0. The van der Waals surface area contributed by atoms with Crippen molar-refractivity contribution in [1.82, 2.24) is 10.2 Å². The van der Waals surface area contributed by atoms with Crippen molar-refractivity contribution in [2.24, 2.45) is 17.8 Å². The lowest BCUT2D eigenvalue weighted by Crippen LogP contribution is -2.48. The Hall–Kier alpha value is -1.83. The molecule has 8 heteroatoms. The minimum absolute atomic E-state index is 0.0123. The number of esters is 1. The number of ether oxygens (including phenoxy) is 2. The number of nitrogens with one attached hydrogen (secondary N) is 1. The molecule has 2 aliphatic rings. The molecular weight excluding hydrogens is 280 g/mol. The smallest absolute Gasteiger partial charge is 0.317 e. The topological polar surface area (TPSA) is 105 Å². The lowest BCUT2D eigenvalue weighted by atomic mass is 9.99. The molecule has 21 heavy (non-hydrogen) atoms. The lowest BCUT2D eigenvalue weighted by molar-refractivity contribution is -0.146. The third-order valence-electron chi connectivity index (χ3n) is 4.11. The summed E-state index contributed by atoms with van der Waals surface area (Å²) in [5, 5.41) is 11.7. The minimum Gasteiger partial charge on any atom is -0.481 e. The number of carboxylic acid groups (broad SMARTS) is 1. The standard InChI is InChI=1S/C13H20N2O6/c1-7-3-15(4-8(7)12(18)20-2)13(19)14-10-6-21-5-9(10)11(16)17/h7-10H,3-6H2,1-2H3,(H,14,19)(H,16,17). The molecule has 2 N–H and O–H groups in total. The summed E-state index contributed by atoms with van der Waals surface area (Å²) in [5.41, 5.74) is 0. The fraction of sp³-hybridized carbons (Fsp3) is 0.769. The molecule has 0 bridgehead atoms. The second-order valence-corrected chi connectivity index (χ2v) is 5.55. The Bertz CT molecular complexity index is 440. The zero-order valence-corrected chi connectivity index (χ0v) is 12.1. The summed E-state index contributed by atoms with van der Waals surface area (Å²) in [6.07, 6.45) is 0. The van der Waals surface area contributed by atoms with E-state index in [-0.39, 0.29) is 43.6 Å². The molecule has 2 heterocycles. The number of amides is 2. The van der Waals surface area contributed by atoms with Gasteiger partial charge in [0.2, 0.25) is 0 Å². The normalized spacial score (nSPS) is 32.0. The third-order valence-corrected chi connectivity index (χ3v) is 4.11. The Morgan fingerprint density at radius 1 is 1.24 bits per heavy atom. The Balaban J connectivity index is 1.92. The molecule has 0 aliphatic carbocycles. The van der Waals surface area contributed by atoms with Gasteiger partial charge in [-0.3, -0.25) is 9.59 Å². The number of likely N-dealkylation sites (tertiary alicyclic amines) is 1. The molecule has 0 aromatic carbocycles. The van der Waals surface area contributed by atoms with Crippen LogP contribution in [-0.4, -0.2) is 67.4 Å². The van der Waals surface area contributed by atoms with Crippen LogP contribution in [0.25, 0.3) is 0 Å². The highest BCUT2D eigenvalue weighted by molar-refractivity contribution is 5.79. The van der Waals surface area contributed by atoms with Crippen molar-refractivity contribution < 1.29 is 29.0 Å². The first-order valence-electron chi connectivity index (χ1n) is 6.87. The van der Waals surface area contributed by atoms with Gasteiger partial charge in [0, 0.05) is 13.1 Å². The summed E-state index contributed by atoms with van der Waals surface area (Å²) in [6, 6.07) is -0.905. The summed E-state index contributed by atoms with van der Waals surface area (Å²) in [5.74, 6) is -2.37. The van der Waals surface area contributed by atoms with Crippen LogP contribution in [0.5, 0.6) is 0 Å². The minimum atomic E-state index is -0.986. The molecule has 4 unspecified atom stereocenters. The van der Waals surface area contributed by atoms with Gasteiger partial charge in [0.25, 0.3) is 0 Å². The molecule has 2 rings (SSSR count). The quantitative estimate of drug-likeness (QED) is 0.683. The van der Waals surface area contributed by atoms with Crippen LogP contribution in [0.2, 0.25) is 0 Å². The van der Waals surface area contributed by atoms with Gasteiger partial charge in [-0.15, -0.1) is 0 Å². The van der Waals surface area contributed by atoms with E-state index in [1.165, 1.54) is 12.0 Å². The molecule has 118 valence electrons. The highest BCUT2D eigenvalue weighted by Gasteiger charge is 2.40. The van der Waals surface area contributed by atoms with E-state index in [0.29, 0.717) is 6.54 Å². The van der Waals surface area contributed by atoms with E-state index < -0.39 is 17.9 Å². The average Bonchev–Trinajstić information content (AvgIpc) is 3.04. The van der Waals surface area contributed by atoms with Gasteiger partial charge in [-0.1, -0.05) is 6.92 Å². The first-order valence-corrected chi connectivity index (χ1v) is 6.87. The van der Waals surface area contributed by atoms with Gasteiger partial charge in [-0.2, -0.15) is 0 Å². The highest BCUT2D eigenvalue weighted by atomic mass is 16.5. The van der Waals surface area contributed by atoms with E-state index >= 15 is 0 Å². The number of hydrogen-bond donors (Lipinski definition) is 2. The Kier molecular flexibility index (Phi) is 4.66. The van der Waals surface area contributed by atoms with Crippen LogP contribution in [0.1, 0.15) is 6.92 Å². The van der Waals surface area contributed by atoms with Crippen LogP contribution in [0, 0.1) is 17.8 Å².